The van der Waals surface area contributed by atoms with Crippen molar-refractivity contribution in [3.63, 3.8) is 0 Å². The normalized spacial score (nSPS) is 20.3. The van der Waals surface area contributed by atoms with Crippen molar-refractivity contribution in [3.05, 3.63) is 21.9 Å². The van der Waals surface area contributed by atoms with E-state index in [1.807, 2.05) is 11.4 Å². The van der Waals surface area contributed by atoms with Gasteiger partial charge in [-0.2, -0.15) is 0 Å². The topological polar surface area (TPSA) is 38.8 Å². The van der Waals surface area contributed by atoms with Crippen LogP contribution in [-0.2, 0) is 16.0 Å². The second kappa shape index (κ2) is 6.43. The molecule has 0 N–H and O–H groups in total. The van der Waals surface area contributed by atoms with Crippen LogP contribution in [0.2, 0.25) is 0 Å². The quantitative estimate of drug-likeness (QED) is 0.764. The van der Waals surface area contributed by atoms with Gasteiger partial charge in [-0.25, -0.2) is 0 Å². The molecular weight excluding hydrogens is 250 g/mol. The Bertz CT molecular complexity index is 399. The smallest absolute Gasteiger partial charge is 0.169 e. The van der Waals surface area contributed by atoms with Gasteiger partial charge in [-0.05, 0) is 31.0 Å². The van der Waals surface area contributed by atoms with Crippen molar-refractivity contribution in [1.29, 1.82) is 0 Å². The minimum atomic E-state index is 0.137. The molecule has 100 valence electrons. The van der Waals surface area contributed by atoms with Gasteiger partial charge in [-0.15, -0.1) is 11.3 Å². The standard InChI is InChI=1S/C13H19NO3S/c1-10(15)13-5-11(9-18-13)6-14(2)7-12-8-16-3-4-17-12/h5,9,12H,3-4,6-8H2,1-2H3/t12-/m1/s1. The third-order valence-electron chi connectivity index (χ3n) is 2.85. The van der Waals surface area contributed by atoms with E-state index in [0.717, 1.165) is 18.0 Å². The first-order valence-electron chi connectivity index (χ1n) is 6.11. The van der Waals surface area contributed by atoms with Gasteiger partial charge >= 0.3 is 0 Å². The highest BCUT2D eigenvalue weighted by molar-refractivity contribution is 7.12. The van der Waals surface area contributed by atoms with E-state index in [4.69, 9.17) is 9.47 Å². The van der Waals surface area contributed by atoms with E-state index in [2.05, 4.69) is 11.9 Å². The zero-order valence-electron chi connectivity index (χ0n) is 10.8. The van der Waals surface area contributed by atoms with Gasteiger partial charge in [0, 0.05) is 13.1 Å². The van der Waals surface area contributed by atoms with Crippen molar-refractivity contribution in [3.8, 4) is 0 Å². The molecule has 0 aliphatic carbocycles. The maximum atomic E-state index is 11.2. The first kappa shape index (κ1) is 13.7. The number of hydrogen-bond acceptors (Lipinski definition) is 5. The average Bonchev–Trinajstić information content (AvgIpc) is 2.78. The van der Waals surface area contributed by atoms with E-state index in [9.17, 15) is 4.79 Å². The number of ketones is 1. The molecule has 0 unspecified atom stereocenters. The minimum Gasteiger partial charge on any atom is -0.376 e. The third kappa shape index (κ3) is 3.88. The first-order chi connectivity index (χ1) is 8.65. The van der Waals surface area contributed by atoms with Crippen molar-refractivity contribution in [2.24, 2.45) is 0 Å². The van der Waals surface area contributed by atoms with Crippen LogP contribution >= 0.6 is 11.3 Å². The van der Waals surface area contributed by atoms with E-state index in [0.29, 0.717) is 19.8 Å². The van der Waals surface area contributed by atoms with E-state index in [1.54, 1.807) is 6.92 Å². The maximum absolute atomic E-state index is 11.2. The number of rotatable bonds is 5. The molecule has 0 aromatic carbocycles. The Morgan fingerprint density at radius 2 is 2.39 bits per heavy atom. The van der Waals surface area contributed by atoms with Crippen LogP contribution in [0.3, 0.4) is 0 Å². The van der Waals surface area contributed by atoms with E-state index in [-0.39, 0.29) is 11.9 Å². The number of likely N-dealkylation sites (N-methyl/N-ethyl adjacent to an activating group) is 1. The lowest BCUT2D eigenvalue weighted by Gasteiger charge is -2.27. The number of thiophene rings is 1. The number of Topliss-reactive ketones (excluding diaryl/α,β-unsaturated/α-hetero) is 1. The number of ether oxygens (including phenoxy) is 2. The second-order valence-electron chi connectivity index (χ2n) is 4.64. The van der Waals surface area contributed by atoms with Crippen LogP contribution in [0.1, 0.15) is 22.2 Å². The second-order valence-corrected chi connectivity index (χ2v) is 5.55. The Morgan fingerprint density at radius 3 is 3.00 bits per heavy atom. The zero-order valence-corrected chi connectivity index (χ0v) is 11.7. The summed E-state index contributed by atoms with van der Waals surface area (Å²) in [6.45, 7) is 5.35. The lowest BCUT2D eigenvalue weighted by Crippen LogP contribution is -2.38. The average molecular weight is 269 g/mol. The minimum absolute atomic E-state index is 0.137. The van der Waals surface area contributed by atoms with Crippen LogP contribution < -0.4 is 0 Å². The molecule has 0 amide bonds. The van der Waals surface area contributed by atoms with Crippen LogP contribution in [0.25, 0.3) is 0 Å². The highest BCUT2D eigenvalue weighted by Gasteiger charge is 2.16. The molecule has 2 rings (SSSR count). The largest absolute Gasteiger partial charge is 0.376 e. The first-order valence-corrected chi connectivity index (χ1v) is 6.99. The van der Waals surface area contributed by atoms with Crippen molar-refractivity contribution in [1.82, 2.24) is 4.90 Å². The van der Waals surface area contributed by atoms with Gasteiger partial charge in [0.25, 0.3) is 0 Å². The lowest BCUT2D eigenvalue weighted by molar-refractivity contribution is -0.0962. The molecule has 1 aliphatic rings. The molecule has 1 aromatic rings. The monoisotopic (exact) mass is 269 g/mol. The van der Waals surface area contributed by atoms with Gasteiger partial charge in [0.2, 0.25) is 0 Å². The van der Waals surface area contributed by atoms with Gasteiger partial charge in [0.15, 0.2) is 5.78 Å². The van der Waals surface area contributed by atoms with Crippen LogP contribution in [0.4, 0.5) is 0 Å². The molecular formula is C13H19NO3S. The predicted molar refractivity (Wildman–Crippen MR) is 71.2 cm³/mol. The van der Waals surface area contributed by atoms with Crippen molar-refractivity contribution in [2.75, 3.05) is 33.4 Å². The van der Waals surface area contributed by atoms with Crippen LogP contribution in [0.15, 0.2) is 11.4 Å². The van der Waals surface area contributed by atoms with Gasteiger partial charge < -0.3 is 9.47 Å². The summed E-state index contributed by atoms with van der Waals surface area (Å²) >= 11 is 1.51. The molecule has 1 aromatic heterocycles. The number of hydrogen-bond donors (Lipinski definition) is 0. The Balaban J connectivity index is 1.82. The molecule has 1 fully saturated rings. The van der Waals surface area contributed by atoms with Crippen molar-refractivity contribution < 1.29 is 14.3 Å². The summed E-state index contributed by atoms with van der Waals surface area (Å²) in [7, 11) is 2.06. The fourth-order valence-corrected chi connectivity index (χ4v) is 2.82. The number of nitrogens with zero attached hydrogens (tertiary/aromatic N) is 1. The fraction of sp³-hybridized carbons (Fsp3) is 0.615. The van der Waals surface area contributed by atoms with Crippen LogP contribution in [-0.4, -0.2) is 50.2 Å². The highest BCUT2D eigenvalue weighted by atomic mass is 32.1. The molecule has 0 radical (unpaired) electrons. The van der Waals surface area contributed by atoms with E-state index < -0.39 is 0 Å². The van der Waals surface area contributed by atoms with E-state index >= 15 is 0 Å². The number of carbonyl (C=O) groups is 1. The summed E-state index contributed by atoms with van der Waals surface area (Å²) in [5, 5.41) is 2.05. The molecule has 1 atom stereocenters. The Labute approximate surface area is 111 Å². The molecule has 5 heteroatoms. The predicted octanol–water partition coefficient (Wildman–Crippen LogP) is 1.80. The molecule has 1 aliphatic heterocycles. The van der Waals surface area contributed by atoms with Gasteiger partial charge in [0.1, 0.15) is 0 Å². The molecule has 1 saturated heterocycles. The summed E-state index contributed by atoms with van der Waals surface area (Å²) in [5.74, 6) is 0.137. The molecule has 0 spiro atoms. The highest BCUT2D eigenvalue weighted by Crippen LogP contribution is 2.17. The Kier molecular flexibility index (Phi) is 4.88. The lowest BCUT2D eigenvalue weighted by atomic mass is 10.2. The van der Waals surface area contributed by atoms with Crippen LogP contribution in [0, 0.1) is 0 Å². The summed E-state index contributed by atoms with van der Waals surface area (Å²) in [4.78, 5) is 14.3. The fourth-order valence-electron chi connectivity index (χ4n) is 2.01. The zero-order chi connectivity index (χ0) is 13.0. The molecule has 2 heterocycles. The maximum Gasteiger partial charge on any atom is 0.169 e. The summed E-state index contributed by atoms with van der Waals surface area (Å²) < 4.78 is 11.0. The molecule has 0 saturated carbocycles. The van der Waals surface area contributed by atoms with Gasteiger partial charge in [0.05, 0.1) is 30.8 Å². The van der Waals surface area contributed by atoms with Crippen molar-refractivity contribution in [2.45, 2.75) is 19.6 Å². The molecule has 0 bridgehead atoms. The Hall–Kier alpha value is -0.750. The molecule has 18 heavy (non-hydrogen) atoms. The Morgan fingerprint density at radius 1 is 1.56 bits per heavy atom. The third-order valence-corrected chi connectivity index (χ3v) is 3.93. The SMILES string of the molecule is CC(=O)c1cc(CN(C)C[C@@H]2COCCO2)cs1. The molecule has 4 nitrogen and oxygen atoms in total. The number of carbonyl (C=O) groups excluding carboxylic acids is 1. The van der Waals surface area contributed by atoms with Crippen LogP contribution in [0.5, 0.6) is 0 Å². The van der Waals surface area contributed by atoms with E-state index in [1.165, 1.54) is 16.9 Å². The van der Waals surface area contributed by atoms with Crippen molar-refractivity contribution >= 4 is 17.1 Å². The van der Waals surface area contributed by atoms with Gasteiger partial charge in [-0.3, -0.25) is 9.69 Å². The summed E-state index contributed by atoms with van der Waals surface area (Å²) in [6.07, 6.45) is 0.162. The summed E-state index contributed by atoms with van der Waals surface area (Å²) in [6, 6.07) is 1.97. The van der Waals surface area contributed by atoms with Gasteiger partial charge in [-0.1, -0.05) is 0 Å². The summed E-state index contributed by atoms with van der Waals surface area (Å²) in [5.41, 5.74) is 1.18.